The summed E-state index contributed by atoms with van der Waals surface area (Å²) < 4.78 is 0. The minimum atomic E-state index is -1.01. The smallest absolute Gasteiger partial charge is 0.339 e. The van der Waals surface area contributed by atoms with Gasteiger partial charge in [-0.15, -0.1) is 0 Å². The van der Waals surface area contributed by atoms with Crippen LogP contribution in [0.15, 0.2) is 43.0 Å². The maximum absolute atomic E-state index is 12.7. The van der Waals surface area contributed by atoms with Crippen molar-refractivity contribution in [1.82, 2.24) is 14.9 Å². The summed E-state index contributed by atoms with van der Waals surface area (Å²) >= 11 is 0. The summed E-state index contributed by atoms with van der Waals surface area (Å²) in [6.45, 7) is 5.30. The van der Waals surface area contributed by atoms with Crippen LogP contribution in [0.3, 0.4) is 0 Å². The first-order valence-electron chi connectivity index (χ1n) is 13.4. The minimum absolute atomic E-state index is 0.00888. The molecule has 38 heavy (non-hydrogen) atoms. The van der Waals surface area contributed by atoms with Crippen molar-refractivity contribution in [2.24, 2.45) is 5.92 Å². The number of para-hydroxylation sites is 1. The number of carbonyl (C=O) groups excluding carboxylic acids is 1. The van der Waals surface area contributed by atoms with E-state index < -0.39 is 5.97 Å². The Morgan fingerprint density at radius 3 is 2.53 bits per heavy atom. The predicted molar refractivity (Wildman–Crippen MR) is 146 cm³/mol. The number of nitrogens with zero attached hydrogens (tertiary/aromatic N) is 4. The molecule has 1 atom stereocenters. The average molecular weight is 513 g/mol. The van der Waals surface area contributed by atoms with Gasteiger partial charge < -0.3 is 20.0 Å². The number of aliphatic hydroxyl groups excluding tert-OH is 1. The van der Waals surface area contributed by atoms with E-state index in [4.69, 9.17) is 4.98 Å². The van der Waals surface area contributed by atoms with Gasteiger partial charge in [-0.25, -0.2) is 14.8 Å². The minimum Gasteiger partial charge on any atom is -0.478 e. The molecule has 0 bridgehead atoms. The van der Waals surface area contributed by atoms with Crippen LogP contribution in [-0.4, -0.2) is 69.2 Å². The Labute approximate surface area is 221 Å². The lowest BCUT2D eigenvalue weighted by atomic mass is 9.95. The lowest BCUT2D eigenvalue weighted by Gasteiger charge is -2.42. The molecule has 2 aliphatic carbocycles. The summed E-state index contributed by atoms with van der Waals surface area (Å²) in [6, 6.07) is 11.7. The number of carbonyl (C=O) groups is 2. The van der Waals surface area contributed by atoms with E-state index >= 15 is 0 Å². The Kier molecular flexibility index (Phi) is 6.35. The molecule has 3 heterocycles. The van der Waals surface area contributed by atoms with Crippen molar-refractivity contribution in [3.63, 3.8) is 0 Å². The Morgan fingerprint density at radius 2 is 1.84 bits per heavy atom. The number of amides is 1. The number of hydrogen-bond acceptors (Lipinski definition) is 6. The molecule has 196 valence electrons. The van der Waals surface area contributed by atoms with Gasteiger partial charge in [0.15, 0.2) is 0 Å². The van der Waals surface area contributed by atoms with E-state index in [1.807, 2.05) is 35.2 Å². The molecule has 1 saturated heterocycles. The Balaban J connectivity index is 1.45. The first-order valence-corrected chi connectivity index (χ1v) is 13.4. The number of aromatic carboxylic acids is 1. The highest BCUT2D eigenvalue weighted by atomic mass is 16.4. The van der Waals surface area contributed by atoms with Crippen LogP contribution in [0.2, 0.25) is 0 Å². The summed E-state index contributed by atoms with van der Waals surface area (Å²) in [7, 11) is 0. The molecule has 8 nitrogen and oxygen atoms in total. The molecule has 3 fully saturated rings. The van der Waals surface area contributed by atoms with Crippen LogP contribution in [0, 0.1) is 5.92 Å². The fourth-order valence-corrected chi connectivity index (χ4v) is 5.76. The monoisotopic (exact) mass is 512 g/mol. The third-order valence-electron chi connectivity index (χ3n) is 7.99. The Bertz CT molecular complexity index is 1430. The van der Waals surface area contributed by atoms with Gasteiger partial charge in [-0.3, -0.25) is 4.79 Å². The molecule has 2 N–H and O–H groups in total. The van der Waals surface area contributed by atoms with Crippen LogP contribution in [-0.2, 0) is 4.79 Å². The zero-order chi connectivity index (χ0) is 26.4. The second-order valence-corrected chi connectivity index (χ2v) is 10.6. The predicted octanol–water partition coefficient (Wildman–Crippen LogP) is 4.33. The van der Waals surface area contributed by atoms with Crippen LogP contribution in [0.25, 0.3) is 28.1 Å². The van der Waals surface area contributed by atoms with Crippen molar-refractivity contribution in [3.8, 4) is 11.1 Å². The normalized spacial score (nSPS) is 19.6. The van der Waals surface area contributed by atoms with E-state index in [1.165, 1.54) is 0 Å². The van der Waals surface area contributed by atoms with Crippen molar-refractivity contribution in [2.45, 2.75) is 44.1 Å². The lowest BCUT2D eigenvalue weighted by molar-refractivity contribution is -0.135. The number of rotatable bonds is 8. The topological polar surface area (TPSA) is 107 Å². The Morgan fingerprint density at radius 1 is 1.05 bits per heavy atom. The van der Waals surface area contributed by atoms with Crippen molar-refractivity contribution in [2.75, 3.05) is 31.1 Å². The summed E-state index contributed by atoms with van der Waals surface area (Å²) in [5.74, 6) is 0.145. The summed E-state index contributed by atoms with van der Waals surface area (Å²) in [6.07, 6.45) is 6.01. The number of carboxylic acid groups (broad SMARTS) is 1. The lowest BCUT2D eigenvalue weighted by Crippen LogP contribution is -2.56. The molecule has 6 rings (SSSR count). The molecule has 0 unspecified atom stereocenters. The van der Waals surface area contributed by atoms with Crippen molar-refractivity contribution >= 4 is 34.7 Å². The third-order valence-corrected chi connectivity index (χ3v) is 7.99. The number of piperazine rings is 1. The van der Waals surface area contributed by atoms with Gasteiger partial charge in [0.1, 0.15) is 11.4 Å². The fraction of sp³-hybridized carbons (Fsp3) is 0.400. The van der Waals surface area contributed by atoms with Gasteiger partial charge in [0.05, 0.1) is 29.6 Å². The molecule has 1 aliphatic heterocycles. The van der Waals surface area contributed by atoms with E-state index in [0.717, 1.165) is 59.1 Å². The SMILES string of the molecule is C=Cc1cc(-c2cc(C(=O)O)c(N3CCN(C(=O)CCO)[C@H](C4CC4)C3)nc2C2CC2)c2ccccc2n1. The summed E-state index contributed by atoms with van der Waals surface area (Å²) in [4.78, 5) is 39.0. The van der Waals surface area contributed by atoms with E-state index in [-0.39, 0.29) is 36.5 Å². The maximum atomic E-state index is 12.7. The standard InChI is InChI=1S/C30H32N4O4/c1-2-20-15-22(21-5-3-4-6-25(21)31-20)23-16-24(30(37)38)29(32-28(23)19-9-10-19)33-12-13-34(27(36)11-14-35)26(17-33)18-7-8-18/h2-6,15-16,18-19,26,35H,1,7-14,17H2,(H,37,38)/t26-/m0/s1. The van der Waals surface area contributed by atoms with Gasteiger partial charge >= 0.3 is 5.97 Å². The van der Waals surface area contributed by atoms with Gasteiger partial charge in [-0.1, -0.05) is 24.8 Å². The number of aliphatic hydroxyl groups is 1. The van der Waals surface area contributed by atoms with E-state index in [9.17, 15) is 19.8 Å². The number of aromatic nitrogens is 2. The van der Waals surface area contributed by atoms with Gasteiger partial charge in [-0.05, 0) is 61.4 Å². The van der Waals surface area contributed by atoms with E-state index in [1.54, 1.807) is 12.1 Å². The molecule has 3 aromatic rings. The second-order valence-electron chi connectivity index (χ2n) is 10.6. The van der Waals surface area contributed by atoms with Crippen molar-refractivity contribution in [3.05, 3.63) is 59.9 Å². The molecule has 1 amide bonds. The largest absolute Gasteiger partial charge is 0.478 e. The molecule has 0 spiro atoms. The van der Waals surface area contributed by atoms with Crippen LogP contribution in [0.4, 0.5) is 5.82 Å². The quantitative estimate of drug-likeness (QED) is 0.463. The van der Waals surface area contributed by atoms with E-state index in [0.29, 0.717) is 31.4 Å². The zero-order valence-electron chi connectivity index (χ0n) is 21.3. The number of fused-ring (bicyclic) bond motifs is 1. The van der Waals surface area contributed by atoms with Gasteiger partial charge in [0.2, 0.25) is 5.91 Å². The molecule has 0 radical (unpaired) electrons. The molecule has 3 aliphatic rings. The summed E-state index contributed by atoms with van der Waals surface area (Å²) in [5.41, 5.74) is 4.43. The number of hydrogen-bond donors (Lipinski definition) is 2. The van der Waals surface area contributed by atoms with Crippen LogP contribution >= 0.6 is 0 Å². The van der Waals surface area contributed by atoms with Crippen molar-refractivity contribution in [1.29, 1.82) is 0 Å². The van der Waals surface area contributed by atoms with Crippen molar-refractivity contribution < 1.29 is 19.8 Å². The van der Waals surface area contributed by atoms with E-state index in [2.05, 4.69) is 16.5 Å². The maximum Gasteiger partial charge on any atom is 0.339 e. The highest BCUT2D eigenvalue weighted by Crippen LogP contribution is 2.46. The van der Waals surface area contributed by atoms with Crippen LogP contribution < -0.4 is 4.90 Å². The van der Waals surface area contributed by atoms with Gasteiger partial charge in [-0.2, -0.15) is 0 Å². The van der Waals surface area contributed by atoms with Gasteiger partial charge in [0, 0.05) is 42.9 Å². The van der Waals surface area contributed by atoms with Gasteiger partial charge in [0.25, 0.3) is 0 Å². The number of anilines is 1. The third kappa shape index (κ3) is 4.53. The Hall–Kier alpha value is -3.78. The highest BCUT2D eigenvalue weighted by molar-refractivity contribution is 6.00. The van der Waals surface area contributed by atoms with Crippen LogP contribution in [0.1, 0.15) is 59.8 Å². The second kappa shape index (κ2) is 9.83. The van der Waals surface area contributed by atoms with Crippen LogP contribution in [0.5, 0.6) is 0 Å². The number of benzene rings is 1. The zero-order valence-corrected chi connectivity index (χ0v) is 21.3. The first-order chi connectivity index (χ1) is 18.5. The molecule has 1 aromatic carbocycles. The first kappa shape index (κ1) is 24.6. The number of carboxylic acids is 1. The average Bonchev–Trinajstić information content (AvgIpc) is 3.85. The fourth-order valence-electron chi connectivity index (χ4n) is 5.76. The highest BCUT2D eigenvalue weighted by Gasteiger charge is 2.42. The molecular weight excluding hydrogens is 480 g/mol. The summed E-state index contributed by atoms with van der Waals surface area (Å²) in [5, 5.41) is 20.6. The molecular formula is C30H32N4O4. The molecule has 2 aromatic heterocycles. The molecule has 8 heteroatoms. The number of pyridine rings is 2. The molecule has 2 saturated carbocycles.